The van der Waals surface area contributed by atoms with Crippen molar-refractivity contribution in [2.75, 3.05) is 6.61 Å². The van der Waals surface area contributed by atoms with Gasteiger partial charge in [-0.3, -0.25) is 10.1 Å². The molecule has 0 saturated carbocycles. The third kappa shape index (κ3) is 2.91. The smallest absolute Gasteiger partial charge is 0.345 e. The highest BCUT2D eigenvalue weighted by Gasteiger charge is 2.26. The zero-order chi connectivity index (χ0) is 13.0. The van der Waals surface area contributed by atoms with Gasteiger partial charge in [0, 0.05) is 3.57 Å². The van der Waals surface area contributed by atoms with Gasteiger partial charge in [-0.25, -0.2) is 4.79 Å². The molecule has 1 aromatic rings. The maximum atomic E-state index is 11.6. The van der Waals surface area contributed by atoms with Crippen molar-refractivity contribution < 1.29 is 14.5 Å². The number of rotatable bonds is 3. The van der Waals surface area contributed by atoms with Gasteiger partial charge >= 0.3 is 11.7 Å². The maximum Gasteiger partial charge on any atom is 0.345 e. The monoisotopic (exact) mass is 346 g/mol. The first kappa shape index (κ1) is 13.4. The Morgan fingerprint density at radius 2 is 2.29 bits per heavy atom. The van der Waals surface area contributed by atoms with E-state index in [2.05, 4.69) is 0 Å². The zero-order valence-corrected chi connectivity index (χ0v) is 10.9. The van der Waals surface area contributed by atoms with Gasteiger partial charge in [-0.05, 0) is 41.6 Å². The summed E-state index contributed by atoms with van der Waals surface area (Å²) in [7, 11) is 0. The number of carbonyl (C=O) groups is 1. The van der Waals surface area contributed by atoms with Gasteiger partial charge in [0.15, 0.2) is 0 Å². The number of esters is 1. The second kappa shape index (κ2) is 5.58. The normalized spacial score (nSPS) is 9.47. The Kier molecular flexibility index (Phi) is 4.39. The molecule has 6 nitrogen and oxygen atoms in total. The number of halogens is 1. The number of nitrogens with zero attached hydrogens (tertiary/aromatic N) is 2. The Morgan fingerprint density at radius 1 is 1.65 bits per heavy atom. The molecular weight excluding hydrogens is 339 g/mol. The van der Waals surface area contributed by atoms with Crippen molar-refractivity contribution in [2.24, 2.45) is 0 Å². The fourth-order valence-electron chi connectivity index (χ4n) is 1.25. The van der Waals surface area contributed by atoms with Gasteiger partial charge in [0.1, 0.15) is 17.2 Å². The van der Waals surface area contributed by atoms with Crippen molar-refractivity contribution in [2.45, 2.75) is 6.92 Å². The topological polar surface area (TPSA) is 93.2 Å². The van der Waals surface area contributed by atoms with Crippen LogP contribution in [0.1, 0.15) is 22.8 Å². The van der Waals surface area contributed by atoms with E-state index in [0.29, 0.717) is 3.57 Å². The van der Waals surface area contributed by atoms with Crippen molar-refractivity contribution in [1.29, 1.82) is 5.26 Å². The van der Waals surface area contributed by atoms with E-state index in [1.165, 1.54) is 12.1 Å². The minimum atomic E-state index is -0.797. The van der Waals surface area contributed by atoms with Crippen LogP contribution in [0.3, 0.4) is 0 Å². The molecule has 0 aromatic heterocycles. The van der Waals surface area contributed by atoms with Crippen LogP contribution in [0, 0.1) is 25.0 Å². The number of nitro groups is 1. The molecule has 0 radical (unpaired) electrons. The summed E-state index contributed by atoms with van der Waals surface area (Å²) in [6.07, 6.45) is 0. The molecule has 0 aliphatic heterocycles. The molecule has 0 saturated heterocycles. The van der Waals surface area contributed by atoms with E-state index < -0.39 is 16.6 Å². The molecule has 0 heterocycles. The Hall–Kier alpha value is -1.69. The van der Waals surface area contributed by atoms with E-state index in [9.17, 15) is 14.9 Å². The molecule has 0 N–H and O–H groups in total. The minimum absolute atomic E-state index is 0.114. The average Bonchev–Trinajstić information content (AvgIpc) is 2.27. The summed E-state index contributed by atoms with van der Waals surface area (Å²) < 4.78 is 5.28. The average molecular weight is 346 g/mol. The van der Waals surface area contributed by atoms with Gasteiger partial charge in [0.2, 0.25) is 0 Å². The van der Waals surface area contributed by atoms with Crippen LogP contribution in [0.4, 0.5) is 5.69 Å². The lowest BCUT2D eigenvalue weighted by molar-refractivity contribution is -0.385. The Bertz CT molecular complexity index is 522. The van der Waals surface area contributed by atoms with Crippen LogP contribution in [0.5, 0.6) is 0 Å². The summed E-state index contributed by atoms with van der Waals surface area (Å²) in [5.41, 5.74) is -0.850. The maximum absolute atomic E-state index is 11.6. The molecule has 0 unspecified atom stereocenters. The molecule has 0 fully saturated rings. The summed E-state index contributed by atoms with van der Waals surface area (Å²) in [5.74, 6) is -0.797. The Balaban J connectivity index is 3.47. The van der Waals surface area contributed by atoms with Crippen LogP contribution in [0.2, 0.25) is 0 Å². The van der Waals surface area contributed by atoms with E-state index in [1.54, 1.807) is 13.0 Å². The summed E-state index contributed by atoms with van der Waals surface area (Å²) in [5, 5.41) is 19.7. The van der Waals surface area contributed by atoms with Gasteiger partial charge in [0.25, 0.3) is 0 Å². The first-order valence-corrected chi connectivity index (χ1v) is 5.64. The predicted octanol–water partition coefficient (Wildman–Crippen LogP) is 2.25. The molecule has 0 aliphatic carbocycles. The Morgan fingerprint density at radius 3 is 2.76 bits per heavy atom. The van der Waals surface area contributed by atoms with Gasteiger partial charge in [0.05, 0.1) is 11.5 Å². The largest absolute Gasteiger partial charge is 0.462 e. The first-order chi connectivity index (χ1) is 8.01. The van der Waals surface area contributed by atoms with Crippen molar-refractivity contribution in [3.05, 3.63) is 36.9 Å². The molecule has 0 atom stereocenters. The second-order valence-electron chi connectivity index (χ2n) is 2.94. The number of hydrogen-bond acceptors (Lipinski definition) is 5. The number of carbonyl (C=O) groups excluding carboxylic acids is 1. The van der Waals surface area contributed by atoms with E-state index in [-0.39, 0.29) is 17.7 Å². The number of nitriles is 1. The van der Waals surface area contributed by atoms with E-state index >= 15 is 0 Å². The summed E-state index contributed by atoms with van der Waals surface area (Å²) >= 11 is 1.87. The van der Waals surface area contributed by atoms with Gasteiger partial charge in [-0.15, -0.1) is 0 Å². The third-order valence-corrected chi connectivity index (χ3v) is 2.50. The highest BCUT2D eigenvalue weighted by Crippen LogP contribution is 2.26. The minimum Gasteiger partial charge on any atom is -0.462 e. The van der Waals surface area contributed by atoms with E-state index in [4.69, 9.17) is 10.00 Å². The van der Waals surface area contributed by atoms with Crippen LogP contribution in [0.15, 0.2) is 12.1 Å². The SMILES string of the molecule is CCOC(=O)c1cc(I)cc(C#N)c1[N+](=O)[O-]. The van der Waals surface area contributed by atoms with E-state index in [0.717, 1.165) is 0 Å². The standard InChI is InChI=1S/C10H7IN2O4/c1-2-17-10(14)8-4-7(11)3-6(5-12)9(8)13(15)16/h3-4H,2H2,1H3. The van der Waals surface area contributed by atoms with Crippen molar-refractivity contribution in [3.63, 3.8) is 0 Å². The first-order valence-electron chi connectivity index (χ1n) is 4.56. The lowest BCUT2D eigenvalue weighted by atomic mass is 10.1. The van der Waals surface area contributed by atoms with Crippen LogP contribution >= 0.6 is 22.6 Å². The summed E-state index contributed by atoms with van der Waals surface area (Å²) in [6.45, 7) is 1.71. The van der Waals surface area contributed by atoms with Crippen LogP contribution < -0.4 is 0 Å². The van der Waals surface area contributed by atoms with Gasteiger partial charge < -0.3 is 4.74 Å². The molecule has 7 heteroatoms. The number of ether oxygens (including phenoxy) is 1. The number of hydrogen-bond donors (Lipinski definition) is 0. The molecule has 0 aliphatic rings. The molecule has 88 valence electrons. The predicted molar refractivity (Wildman–Crippen MR) is 66.5 cm³/mol. The molecule has 0 bridgehead atoms. The van der Waals surface area contributed by atoms with Crippen molar-refractivity contribution >= 4 is 34.2 Å². The highest BCUT2D eigenvalue weighted by molar-refractivity contribution is 14.1. The third-order valence-electron chi connectivity index (χ3n) is 1.87. The number of benzene rings is 1. The molecule has 0 amide bonds. The van der Waals surface area contributed by atoms with E-state index in [1.807, 2.05) is 22.6 Å². The molecule has 1 aromatic carbocycles. The molecule has 1 rings (SSSR count). The lowest BCUT2D eigenvalue weighted by Gasteiger charge is -2.04. The van der Waals surface area contributed by atoms with Crippen molar-refractivity contribution in [1.82, 2.24) is 0 Å². The van der Waals surface area contributed by atoms with Crippen LogP contribution in [0.25, 0.3) is 0 Å². The van der Waals surface area contributed by atoms with Gasteiger partial charge in [-0.1, -0.05) is 0 Å². The van der Waals surface area contributed by atoms with Crippen molar-refractivity contribution in [3.8, 4) is 6.07 Å². The molecule has 0 spiro atoms. The van der Waals surface area contributed by atoms with Gasteiger partial charge in [-0.2, -0.15) is 5.26 Å². The van der Waals surface area contributed by atoms with Crippen LogP contribution in [-0.4, -0.2) is 17.5 Å². The fourth-order valence-corrected chi connectivity index (χ4v) is 1.87. The summed E-state index contributed by atoms with van der Waals surface area (Å²) in [6, 6.07) is 4.38. The Labute approximate surface area is 110 Å². The zero-order valence-electron chi connectivity index (χ0n) is 8.77. The summed E-state index contributed by atoms with van der Waals surface area (Å²) in [4.78, 5) is 21.7. The highest BCUT2D eigenvalue weighted by atomic mass is 127. The molecular formula is C10H7IN2O4. The molecule has 17 heavy (non-hydrogen) atoms. The van der Waals surface area contributed by atoms with Crippen LogP contribution in [-0.2, 0) is 4.74 Å². The lowest BCUT2D eigenvalue weighted by Crippen LogP contribution is -2.09. The second-order valence-corrected chi connectivity index (χ2v) is 4.18. The fraction of sp³-hybridized carbons (Fsp3) is 0.200. The quantitative estimate of drug-likeness (QED) is 0.362. The number of nitro benzene ring substituents is 1.